The SMILES string of the molecule is CN(C[C@@H]1CCNC1)CC(C)(C)C. The van der Waals surface area contributed by atoms with Crippen molar-refractivity contribution < 1.29 is 0 Å². The van der Waals surface area contributed by atoms with E-state index in [0.29, 0.717) is 5.41 Å². The smallest absolute Gasteiger partial charge is 0.00271 e. The van der Waals surface area contributed by atoms with Gasteiger partial charge in [0.15, 0.2) is 0 Å². The van der Waals surface area contributed by atoms with E-state index >= 15 is 0 Å². The molecule has 1 aliphatic rings. The van der Waals surface area contributed by atoms with Crippen LogP contribution in [0.3, 0.4) is 0 Å². The quantitative estimate of drug-likeness (QED) is 0.716. The Morgan fingerprint density at radius 2 is 2.08 bits per heavy atom. The molecule has 0 aromatic carbocycles. The lowest BCUT2D eigenvalue weighted by atomic mass is 9.95. The molecule has 78 valence electrons. The summed E-state index contributed by atoms with van der Waals surface area (Å²) in [5.74, 6) is 0.882. The molecule has 0 spiro atoms. The largest absolute Gasteiger partial charge is 0.316 e. The average molecular weight is 184 g/mol. The normalized spacial score (nSPS) is 24.2. The van der Waals surface area contributed by atoms with E-state index < -0.39 is 0 Å². The molecular weight excluding hydrogens is 160 g/mol. The van der Waals surface area contributed by atoms with E-state index in [2.05, 4.69) is 38.0 Å². The molecule has 1 fully saturated rings. The van der Waals surface area contributed by atoms with Crippen LogP contribution in [0.4, 0.5) is 0 Å². The third kappa shape index (κ3) is 4.63. The summed E-state index contributed by atoms with van der Waals surface area (Å²) < 4.78 is 0. The molecule has 1 rings (SSSR count). The first-order valence-electron chi connectivity index (χ1n) is 5.37. The van der Waals surface area contributed by atoms with Crippen LogP contribution in [0.5, 0.6) is 0 Å². The summed E-state index contributed by atoms with van der Waals surface area (Å²) in [5, 5.41) is 3.41. The summed E-state index contributed by atoms with van der Waals surface area (Å²) in [6.45, 7) is 11.8. The van der Waals surface area contributed by atoms with Crippen LogP contribution in [0.15, 0.2) is 0 Å². The molecule has 0 amide bonds. The number of hydrogen-bond acceptors (Lipinski definition) is 2. The molecule has 0 bridgehead atoms. The lowest BCUT2D eigenvalue weighted by Crippen LogP contribution is -2.33. The van der Waals surface area contributed by atoms with Gasteiger partial charge >= 0.3 is 0 Å². The van der Waals surface area contributed by atoms with Crippen LogP contribution in [-0.4, -0.2) is 38.1 Å². The van der Waals surface area contributed by atoms with Crippen LogP contribution < -0.4 is 5.32 Å². The summed E-state index contributed by atoms with van der Waals surface area (Å²) in [6, 6.07) is 0. The highest BCUT2D eigenvalue weighted by molar-refractivity contribution is 4.75. The fourth-order valence-electron chi connectivity index (χ4n) is 2.19. The van der Waals surface area contributed by atoms with Gasteiger partial charge < -0.3 is 10.2 Å². The fourth-order valence-corrected chi connectivity index (χ4v) is 2.19. The topological polar surface area (TPSA) is 15.3 Å². The molecule has 1 N–H and O–H groups in total. The number of rotatable bonds is 3. The lowest BCUT2D eigenvalue weighted by Gasteiger charge is -2.28. The predicted molar refractivity (Wildman–Crippen MR) is 57.9 cm³/mol. The molecule has 2 nitrogen and oxygen atoms in total. The summed E-state index contributed by atoms with van der Waals surface area (Å²) in [4.78, 5) is 2.47. The Hall–Kier alpha value is -0.0800. The van der Waals surface area contributed by atoms with Crippen molar-refractivity contribution >= 4 is 0 Å². The van der Waals surface area contributed by atoms with Crippen LogP contribution in [0.2, 0.25) is 0 Å². The second-order valence-corrected chi connectivity index (χ2v) is 5.62. The van der Waals surface area contributed by atoms with Gasteiger partial charge in [-0.25, -0.2) is 0 Å². The van der Waals surface area contributed by atoms with Crippen LogP contribution >= 0.6 is 0 Å². The summed E-state index contributed by atoms with van der Waals surface area (Å²) >= 11 is 0. The maximum Gasteiger partial charge on any atom is 0.00271 e. The highest BCUT2D eigenvalue weighted by Gasteiger charge is 2.19. The van der Waals surface area contributed by atoms with E-state index in [1.165, 1.54) is 32.6 Å². The Bertz CT molecular complexity index is 143. The second kappa shape index (κ2) is 4.43. The van der Waals surface area contributed by atoms with Gasteiger partial charge in [-0.1, -0.05) is 20.8 Å². The molecule has 0 aliphatic carbocycles. The Morgan fingerprint density at radius 3 is 2.54 bits per heavy atom. The predicted octanol–water partition coefficient (Wildman–Crippen LogP) is 1.57. The first-order valence-corrected chi connectivity index (χ1v) is 5.37. The fraction of sp³-hybridized carbons (Fsp3) is 1.00. The molecule has 0 saturated carbocycles. The standard InChI is InChI=1S/C11H24N2/c1-11(2,3)9-13(4)8-10-5-6-12-7-10/h10,12H,5-9H2,1-4H3/t10-/m1/s1. The zero-order valence-corrected chi connectivity index (χ0v) is 9.56. The van der Waals surface area contributed by atoms with Gasteiger partial charge in [-0.2, -0.15) is 0 Å². The lowest BCUT2D eigenvalue weighted by molar-refractivity contribution is 0.204. The maximum absolute atomic E-state index is 3.41. The van der Waals surface area contributed by atoms with E-state index in [4.69, 9.17) is 0 Å². The molecule has 1 saturated heterocycles. The molecule has 0 aromatic rings. The molecule has 1 heterocycles. The van der Waals surface area contributed by atoms with Gasteiger partial charge in [-0.3, -0.25) is 0 Å². The molecule has 1 aliphatic heterocycles. The molecule has 0 aromatic heterocycles. The number of hydrogen-bond donors (Lipinski definition) is 1. The highest BCUT2D eigenvalue weighted by atomic mass is 15.1. The summed E-state index contributed by atoms with van der Waals surface area (Å²) in [5.41, 5.74) is 0.431. The van der Waals surface area contributed by atoms with Gasteiger partial charge in [-0.15, -0.1) is 0 Å². The van der Waals surface area contributed by atoms with E-state index in [1.54, 1.807) is 0 Å². The number of nitrogens with one attached hydrogen (secondary N) is 1. The first kappa shape index (κ1) is 11.0. The molecule has 1 atom stereocenters. The zero-order valence-electron chi connectivity index (χ0n) is 9.56. The minimum atomic E-state index is 0.431. The minimum Gasteiger partial charge on any atom is -0.316 e. The Labute approximate surface area is 82.7 Å². The van der Waals surface area contributed by atoms with Crippen molar-refractivity contribution in [2.24, 2.45) is 11.3 Å². The number of nitrogens with zero attached hydrogens (tertiary/aromatic N) is 1. The van der Waals surface area contributed by atoms with Gasteiger partial charge in [0.25, 0.3) is 0 Å². The molecule has 0 radical (unpaired) electrons. The van der Waals surface area contributed by atoms with Crippen LogP contribution in [-0.2, 0) is 0 Å². The minimum absolute atomic E-state index is 0.431. The van der Waals surface area contributed by atoms with Gasteiger partial charge in [-0.05, 0) is 37.9 Å². The zero-order chi connectivity index (χ0) is 9.90. The van der Waals surface area contributed by atoms with Crippen molar-refractivity contribution in [2.45, 2.75) is 27.2 Å². The maximum atomic E-state index is 3.41. The highest BCUT2D eigenvalue weighted by Crippen LogP contribution is 2.16. The van der Waals surface area contributed by atoms with E-state index in [0.717, 1.165) is 5.92 Å². The molecule has 13 heavy (non-hydrogen) atoms. The van der Waals surface area contributed by atoms with Crippen LogP contribution in [0.1, 0.15) is 27.2 Å². The molecular formula is C11H24N2. The van der Waals surface area contributed by atoms with Crippen LogP contribution in [0.25, 0.3) is 0 Å². The van der Waals surface area contributed by atoms with Crippen molar-refractivity contribution in [3.8, 4) is 0 Å². The van der Waals surface area contributed by atoms with E-state index in [-0.39, 0.29) is 0 Å². The van der Waals surface area contributed by atoms with Gasteiger partial charge in [0.2, 0.25) is 0 Å². The van der Waals surface area contributed by atoms with Crippen molar-refractivity contribution in [3.63, 3.8) is 0 Å². The average Bonchev–Trinajstić information content (AvgIpc) is 2.34. The summed E-state index contributed by atoms with van der Waals surface area (Å²) in [7, 11) is 2.24. The first-order chi connectivity index (χ1) is 5.97. The van der Waals surface area contributed by atoms with Gasteiger partial charge in [0, 0.05) is 13.1 Å². The monoisotopic (exact) mass is 184 g/mol. The third-order valence-corrected chi connectivity index (χ3v) is 2.48. The Morgan fingerprint density at radius 1 is 1.38 bits per heavy atom. The molecule has 2 heteroatoms. The Balaban J connectivity index is 2.20. The van der Waals surface area contributed by atoms with E-state index in [9.17, 15) is 0 Å². The van der Waals surface area contributed by atoms with Gasteiger partial charge in [0.1, 0.15) is 0 Å². The molecule has 0 unspecified atom stereocenters. The van der Waals surface area contributed by atoms with Crippen molar-refractivity contribution in [1.29, 1.82) is 0 Å². The van der Waals surface area contributed by atoms with Crippen molar-refractivity contribution in [3.05, 3.63) is 0 Å². The Kier molecular flexibility index (Phi) is 3.74. The van der Waals surface area contributed by atoms with E-state index in [1.807, 2.05) is 0 Å². The van der Waals surface area contributed by atoms with Gasteiger partial charge in [0.05, 0.1) is 0 Å². The summed E-state index contributed by atoms with van der Waals surface area (Å²) in [6.07, 6.45) is 1.36. The van der Waals surface area contributed by atoms with Crippen molar-refractivity contribution in [1.82, 2.24) is 10.2 Å². The van der Waals surface area contributed by atoms with Crippen molar-refractivity contribution in [2.75, 3.05) is 33.2 Å². The second-order valence-electron chi connectivity index (χ2n) is 5.62. The third-order valence-electron chi connectivity index (χ3n) is 2.48. The van der Waals surface area contributed by atoms with Crippen LogP contribution in [0, 0.1) is 11.3 Å².